The molecule has 1 N–H and O–H groups in total. The van der Waals surface area contributed by atoms with Gasteiger partial charge in [0.25, 0.3) is 5.91 Å². The second-order valence-electron chi connectivity index (χ2n) is 7.13. The highest BCUT2D eigenvalue weighted by Gasteiger charge is 2.39. The maximum atomic E-state index is 13.0. The van der Waals surface area contributed by atoms with Crippen LogP contribution in [0.1, 0.15) is 46.9 Å². The highest BCUT2D eigenvalue weighted by Crippen LogP contribution is 2.42. The predicted octanol–water partition coefficient (Wildman–Crippen LogP) is 2.71. The van der Waals surface area contributed by atoms with Crippen LogP contribution in [0.15, 0.2) is 24.3 Å². The summed E-state index contributed by atoms with van der Waals surface area (Å²) in [5.74, 6) is -2.00. The van der Waals surface area contributed by atoms with Crippen molar-refractivity contribution in [1.29, 1.82) is 0 Å². The molecule has 2 aromatic rings. The Bertz CT molecular complexity index is 936. The van der Waals surface area contributed by atoms with Gasteiger partial charge in [0.2, 0.25) is 0 Å². The van der Waals surface area contributed by atoms with E-state index in [-0.39, 0.29) is 23.8 Å². The van der Waals surface area contributed by atoms with Crippen LogP contribution < -0.4 is 0 Å². The van der Waals surface area contributed by atoms with Gasteiger partial charge in [-0.2, -0.15) is 13.2 Å². The molecule has 1 aliphatic carbocycles. The topological polar surface area (TPSA) is 88.3 Å². The zero-order valence-corrected chi connectivity index (χ0v) is 14.7. The van der Waals surface area contributed by atoms with Gasteiger partial charge in [0, 0.05) is 19.0 Å². The fourth-order valence-electron chi connectivity index (χ4n) is 3.47. The Morgan fingerprint density at radius 3 is 2.54 bits per heavy atom. The van der Waals surface area contributed by atoms with E-state index in [0.717, 1.165) is 25.0 Å². The van der Waals surface area contributed by atoms with E-state index >= 15 is 0 Å². The largest absolute Gasteiger partial charge is 0.481 e. The molecule has 7 nitrogen and oxygen atoms in total. The number of alkyl halides is 3. The van der Waals surface area contributed by atoms with Gasteiger partial charge in [-0.25, -0.2) is 4.68 Å². The molecule has 2 aliphatic rings. The van der Waals surface area contributed by atoms with Crippen molar-refractivity contribution in [2.75, 3.05) is 13.1 Å². The van der Waals surface area contributed by atoms with Crippen molar-refractivity contribution in [3.05, 3.63) is 41.2 Å². The highest BCUT2D eigenvalue weighted by atomic mass is 19.4. The number of nitrogens with zero attached hydrogens (tertiary/aromatic N) is 4. The predicted molar refractivity (Wildman–Crippen MR) is 90.0 cm³/mol. The van der Waals surface area contributed by atoms with E-state index in [1.54, 1.807) is 0 Å². The molecule has 0 bridgehead atoms. The lowest BCUT2D eigenvalue weighted by Crippen LogP contribution is -2.31. The van der Waals surface area contributed by atoms with Gasteiger partial charge in [0.15, 0.2) is 5.69 Å². The van der Waals surface area contributed by atoms with Gasteiger partial charge in [-0.15, -0.1) is 5.10 Å². The summed E-state index contributed by atoms with van der Waals surface area (Å²) in [6.45, 7) is 0.394. The number of carbonyl (C=O) groups is 2. The van der Waals surface area contributed by atoms with Crippen molar-refractivity contribution in [3.8, 4) is 5.69 Å². The lowest BCUT2D eigenvalue weighted by molar-refractivity contribution is -0.141. The summed E-state index contributed by atoms with van der Waals surface area (Å²) in [6.07, 6.45) is -2.54. The van der Waals surface area contributed by atoms with Crippen molar-refractivity contribution >= 4 is 11.9 Å². The maximum Gasteiger partial charge on any atom is 0.416 e. The first-order valence-electron chi connectivity index (χ1n) is 8.91. The lowest BCUT2D eigenvalue weighted by Gasteiger charge is -2.15. The summed E-state index contributed by atoms with van der Waals surface area (Å²) in [6, 6.07) is 4.72. The molecule has 1 aromatic carbocycles. The maximum absolute atomic E-state index is 13.0. The van der Waals surface area contributed by atoms with Crippen LogP contribution in [0.2, 0.25) is 0 Å². The molecule has 2 heterocycles. The fourth-order valence-corrected chi connectivity index (χ4v) is 3.47. The molecule has 1 aromatic heterocycles. The second-order valence-corrected chi connectivity index (χ2v) is 7.13. The smallest absolute Gasteiger partial charge is 0.416 e. The molecule has 148 valence electrons. The number of hydrogen-bond acceptors (Lipinski definition) is 4. The fraction of sp³-hybridized carbons (Fsp3) is 0.444. The number of aromatic nitrogens is 3. The molecule has 1 aliphatic heterocycles. The van der Waals surface area contributed by atoms with Crippen LogP contribution in [0.5, 0.6) is 0 Å². The first-order valence-corrected chi connectivity index (χ1v) is 8.91. The summed E-state index contributed by atoms with van der Waals surface area (Å²) < 4.78 is 40.4. The van der Waals surface area contributed by atoms with Crippen LogP contribution >= 0.6 is 0 Å². The Kier molecular flexibility index (Phi) is 4.35. The van der Waals surface area contributed by atoms with Gasteiger partial charge < -0.3 is 10.0 Å². The van der Waals surface area contributed by atoms with Gasteiger partial charge in [-0.1, -0.05) is 11.3 Å². The number of carbonyl (C=O) groups excluding carboxylic acids is 1. The van der Waals surface area contributed by atoms with Crippen molar-refractivity contribution in [3.63, 3.8) is 0 Å². The number of likely N-dealkylation sites (tertiary alicyclic amines) is 1. The number of carboxylic acid groups (broad SMARTS) is 1. The van der Waals surface area contributed by atoms with Gasteiger partial charge in [-0.05, 0) is 37.5 Å². The normalized spacial score (nSPS) is 19.8. The van der Waals surface area contributed by atoms with Crippen LogP contribution in [0, 0.1) is 5.92 Å². The van der Waals surface area contributed by atoms with E-state index in [9.17, 15) is 22.8 Å². The minimum absolute atomic E-state index is 0.00127. The molecule has 0 unspecified atom stereocenters. The number of halogens is 3. The summed E-state index contributed by atoms with van der Waals surface area (Å²) >= 11 is 0. The zero-order valence-electron chi connectivity index (χ0n) is 14.7. The standard InChI is InChI=1S/C18H17F3N4O3/c19-18(20,21)12-2-1-3-13(8-12)25-15(10-4-5-10)14(22-23-25)16(26)24-7-6-11(9-24)17(27)28/h1-3,8,10-11H,4-7,9H2,(H,27,28)/t11-/m0/s1. The molecule has 0 radical (unpaired) electrons. The van der Waals surface area contributed by atoms with E-state index in [0.29, 0.717) is 18.7 Å². The van der Waals surface area contributed by atoms with Gasteiger partial charge in [0.1, 0.15) is 0 Å². The molecular formula is C18H17F3N4O3. The van der Waals surface area contributed by atoms with Crippen molar-refractivity contribution in [2.24, 2.45) is 5.92 Å². The quantitative estimate of drug-likeness (QED) is 0.862. The molecule has 28 heavy (non-hydrogen) atoms. The molecule has 1 amide bonds. The third-order valence-corrected chi connectivity index (χ3v) is 5.11. The first-order chi connectivity index (χ1) is 13.3. The first kappa shape index (κ1) is 18.5. The molecule has 0 spiro atoms. The number of carboxylic acids is 1. The van der Waals surface area contributed by atoms with E-state index < -0.39 is 29.5 Å². The van der Waals surface area contributed by atoms with E-state index in [1.807, 2.05) is 0 Å². The van der Waals surface area contributed by atoms with Gasteiger partial charge in [0.05, 0.1) is 22.9 Å². The Morgan fingerprint density at radius 2 is 1.93 bits per heavy atom. The van der Waals surface area contributed by atoms with Crippen molar-refractivity contribution in [2.45, 2.75) is 31.4 Å². The second kappa shape index (κ2) is 6.61. The number of benzene rings is 1. The number of aliphatic carboxylic acids is 1. The Labute approximate surface area is 157 Å². The minimum Gasteiger partial charge on any atom is -0.481 e. The van der Waals surface area contributed by atoms with Gasteiger partial charge in [-0.3, -0.25) is 9.59 Å². The number of hydrogen-bond donors (Lipinski definition) is 1. The number of rotatable bonds is 4. The molecule has 4 rings (SSSR count). The van der Waals surface area contributed by atoms with Crippen molar-refractivity contribution in [1.82, 2.24) is 19.9 Å². The summed E-state index contributed by atoms with van der Waals surface area (Å²) in [5.41, 5.74) is -0.0406. The number of amides is 1. The Balaban J connectivity index is 1.68. The zero-order chi connectivity index (χ0) is 20.1. The molecule has 2 fully saturated rings. The molecule has 1 atom stereocenters. The molecule has 10 heteroatoms. The van der Waals surface area contributed by atoms with Crippen LogP contribution in [-0.2, 0) is 11.0 Å². The molecule has 1 saturated heterocycles. The Hall–Kier alpha value is -2.91. The average Bonchev–Trinajstić information content (AvgIpc) is 3.20. The van der Waals surface area contributed by atoms with Crippen LogP contribution in [0.3, 0.4) is 0 Å². The van der Waals surface area contributed by atoms with Gasteiger partial charge >= 0.3 is 12.1 Å². The monoisotopic (exact) mass is 394 g/mol. The average molecular weight is 394 g/mol. The van der Waals surface area contributed by atoms with Crippen LogP contribution in [0.25, 0.3) is 5.69 Å². The summed E-state index contributed by atoms with van der Waals surface area (Å²) in [7, 11) is 0. The SMILES string of the molecule is O=C(O)[C@H]1CCN(C(=O)c2nnn(-c3cccc(C(F)(F)F)c3)c2C2CC2)C1. The van der Waals surface area contributed by atoms with E-state index in [1.165, 1.54) is 21.7 Å². The Morgan fingerprint density at radius 1 is 1.18 bits per heavy atom. The van der Waals surface area contributed by atoms with E-state index in [4.69, 9.17) is 5.11 Å². The highest BCUT2D eigenvalue weighted by molar-refractivity contribution is 5.94. The molecular weight excluding hydrogens is 377 g/mol. The molecule has 1 saturated carbocycles. The lowest BCUT2D eigenvalue weighted by atomic mass is 10.1. The third-order valence-electron chi connectivity index (χ3n) is 5.11. The third kappa shape index (κ3) is 3.34. The van der Waals surface area contributed by atoms with E-state index in [2.05, 4.69) is 10.3 Å². The minimum atomic E-state index is -4.49. The van der Waals surface area contributed by atoms with Crippen molar-refractivity contribution < 1.29 is 27.9 Å². The summed E-state index contributed by atoms with van der Waals surface area (Å²) in [4.78, 5) is 25.4. The van der Waals surface area contributed by atoms with Crippen LogP contribution in [0.4, 0.5) is 13.2 Å². The summed E-state index contributed by atoms with van der Waals surface area (Å²) in [5, 5.41) is 17.0. The van der Waals surface area contributed by atoms with Crippen LogP contribution in [-0.4, -0.2) is 50.0 Å².